The Morgan fingerprint density at radius 2 is 1.95 bits per heavy atom. The van der Waals surface area contributed by atoms with Crippen LogP contribution in [0, 0.1) is 0 Å². The number of nitrogens with one attached hydrogen (secondary N) is 2. The number of hydrogen-bond acceptors (Lipinski definition) is 4. The minimum Gasteiger partial charge on any atom is -0.494 e. The fourth-order valence-electron chi connectivity index (χ4n) is 2.30. The Balaban J connectivity index is 0.00000242. The van der Waals surface area contributed by atoms with Crippen molar-refractivity contribution in [3.05, 3.63) is 24.3 Å². The summed E-state index contributed by atoms with van der Waals surface area (Å²) in [6, 6.07) is 7.84. The summed E-state index contributed by atoms with van der Waals surface area (Å²) >= 11 is 0. The molecule has 1 saturated heterocycles. The standard InChI is InChI=1S/C16H24N2O3.ClH/c1-2-20-14-5-7-15(8-6-14)21-11-3-4-16(19)18-13-9-10-17-12-13;/h5-8,13,17H,2-4,9-12H2,1H3,(H,18,19);1H. The van der Waals surface area contributed by atoms with Gasteiger partial charge in [0.1, 0.15) is 11.5 Å². The molecule has 1 aromatic rings. The summed E-state index contributed by atoms with van der Waals surface area (Å²) in [7, 11) is 0. The second-order valence-electron chi connectivity index (χ2n) is 5.11. The Morgan fingerprint density at radius 3 is 2.55 bits per heavy atom. The molecule has 1 amide bonds. The molecule has 0 radical (unpaired) electrons. The molecular weight excluding hydrogens is 304 g/mol. The van der Waals surface area contributed by atoms with Gasteiger partial charge in [0.2, 0.25) is 5.91 Å². The van der Waals surface area contributed by atoms with E-state index in [0.29, 0.717) is 25.7 Å². The maximum atomic E-state index is 11.7. The SMILES string of the molecule is CCOc1ccc(OCCCC(=O)NC2CCNC2)cc1.Cl. The molecule has 0 aliphatic carbocycles. The Labute approximate surface area is 138 Å². The van der Waals surface area contributed by atoms with Gasteiger partial charge in [-0.05, 0) is 50.6 Å². The van der Waals surface area contributed by atoms with Gasteiger partial charge in [-0.25, -0.2) is 0 Å². The van der Waals surface area contributed by atoms with Crippen LogP contribution in [0.25, 0.3) is 0 Å². The number of ether oxygens (including phenoxy) is 2. The Morgan fingerprint density at radius 1 is 1.27 bits per heavy atom. The number of carbonyl (C=O) groups excluding carboxylic acids is 1. The minimum atomic E-state index is 0. The average molecular weight is 329 g/mol. The van der Waals surface area contributed by atoms with Crippen LogP contribution in [-0.4, -0.2) is 38.3 Å². The first kappa shape index (κ1) is 18.6. The number of amides is 1. The largest absolute Gasteiger partial charge is 0.494 e. The monoisotopic (exact) mass is 328 g/mol. The predicted molar refractivity (Wildman–Crippen MR) is 89.0 cm³/mol. The van der Waals surface area contributed by atoms with Gasteiger partial charge >= 0.3 is 0 Å². The molecule has 0 aromatic heterocycles. The van der Waals surface area contributed by atoms with E-state index >= 15 is 0 Å². The van der Waals surface area contributed by atoms with Gasteiger partial charge in [-0.1, -0.05) is 0 Å². The van der Waals surface area contributed by atoms with Crippen molar-refractivity contribution in [2.24, 2.45) is 0 Å². The number of halogens is 1. The van der Waals surface area contributed by atoms with Crippen LogP contribution in [0.2, 0.25) is 0 Å². The Bertz CT molecular complexity index is 434. The van der Waals surface area contributed by atoms with Crippen molar-refractivity contribution in [3.63, 3.8) is 0 Å². The molecule has 2 N–H and O–H groups in total. The molecule has 0 spiro atoms. The lowest BCUT2D eigenvalue weighted by Crippen LogP contribution is -2.36. The van der Waals surface area contributed by atoms with E-state index in [2.05, 4.69) is 10.6 Å². The van der Waals surface area contributed by atoms with Crippen LogP contribution in [0.1, 0.15) is 26.2 Å². The molecule has 22 heavy (non-hydrogen) atoms. The zero-order valence-electron chi connectivity index (χ0n) is 13.0. The van der Waals surface area contributed by atoms with Crippen LogP contribution >= 0.6 is 12.4 Å². The van der Waals surface area contributed by atoms with Crippen molar-refractivity contribution in [2.75, 3.05) is 26.3 Å². The van der Waals surface area contributed by atoms with Crippen LogP contribution in [0.4, 0.5) is 0 Å². The zero-order chi connectivity index (χ0) is 14.9. The third-order valence-electron chi connectivity index (χ3n) is 3.38. The maximum Gasteiger partial charge on any atom is 0.220 e. The molecule has 2 rings (SSSR count). The predicted octanol–water partition coefficient (Wildman–Crippen LogP) is 2.14. The van der Waals surface area contributed by atoms with Gasteiger partial charge < -0.3 is 20.1 Å². The highest BCUT2D eigenvalue weighted by atomic mass is 35.5. The van der Waals surface area contributed by atoms with Crippen LogP contribution in [-0.2, 0) is 4.79 Å². The normalized spacial score (nSPS) is 16.7. The van der Waals surface area contributed by atoms with E-state index in [9.17, 15) is 4.79 Å². The lowest BCUT2D eigenvalue weighted by atomic mass is 10.2. The summed E-state index contributed by atoms with van der Waals surface area (Å²) in [6.07, 6.45) is 2.25. The maximum absolute atomic E-state index is 11.7. The van der Waals surface area contributed by atoms with Gasteiger partial charge in [0.15, 0.2) is 0 Å². The molecule has 0 bridgehead atoms. The fourth-order valence-corrected chi connectivity index (χ4v) is 2.30. The highest BCUT2D eigenvalue weighted by Crippen LogP contribution is 2.17. The van der Waals surface area contributed by atoms with Crippen molar-refractivity contribution in [2.45, 2.75) is 32.2 Å². The molecule has 1 aliphatic rings. The lowest BCUT2D eigenvalue weighted by Gasteiger charge is -2.11. The van der Waals surface area contributed by atoms with Gasteiger partial charge in [-0.2, -0.15) is 0 Å². The quantitative estimate of drug-likeness (QED) is 0.718. The van der Waals surface area contributed by atoms with Crippen LogP contribution in [0.15, 0.2) is 24.3 Å². The fraction of sp³-hybridized carbons (Fsp3) is 0.562. The van der Waals surface area contributed by atoms with Gasteiger partial charge in [-0.3, -0.25) is 4.79 Å². The van der Waals surface area contributed by atoms with Crippen molar-refractivity contribution in [3.8, 4) is 11.5 Å². The summed E-state index contributed by atoms with van der Waals surface area (Å²) < 4.78 is 11.0. The smallest absolute Gasteiger partial charge is 0.220 e. The molecule has 5 nitrogen and oxygen atoms in total. The lowest BCUT2D eigenvalue weighted by molar-refractivity contribution is -0.121. The van der Waals surface area contributed by atoms with E-state index in [1.165, 1.54) is 0 Å². The van der Waals surface area contributed by atoms with E-state index in [4.69, 9.17) is 9.47 Å². The second-order valence-corrected chi connectivity index (χ2v) is 5.11. The minimum absolute atomic E-state index is 0. The number of carbonyl (C=O) groups is 1. The van der Waals surface area contributed by atoms with Crippen molar-refractivity contribution in [1.82, 2.24) is 10.6 Å². The first-order valence-corrected chi connectivity index (χ1v) is 7.63. The topological polar surface area (TPSA) is 59.6 Å². The van der Waals surface area contributed by atoms with Gasteiger partial charge in [0.25, 0.3) is 0 Å². The van der Waals surface area contributed by atoms with E-state index < -0.39 is 0 Å². The second kappa shape index (κ2) is 10.3. The first-order chi connectivity index (χ1) is 10.3. The van der Waals surface area contributed by atoms with Crippen LogP contribution in [0.5, 0.6) is 11.5 Å². The Hall–Kier alpha value is -1.46. The summed E-state index contributed by atoms with van der Waals surface area (Å²) in [4.78, 5) is 11.7. The third kappa shape index (κ3) is 6.54. The van der Waals surface area contributed by atoms with E-state index in [0.717, 1.165) is 37.4 Å². The molecule has 1 aromatic carbocycles. The van der Waals surface area contributed by atoms with Gasteiger partial charge in [0, 0.05) is 19.0 Å². The molecule has 1 atom stereocenters. The number of hydrogen-bond donors (Lipinski definition) is 2. The molecule has 1 fully saturated rings. The van der Waals surface area contributed by atoms with E-state index in [-0.39, 0.29) is 18.3 Å². The molecule has 0 saturated carbocycles. The van der Waals surface area contributed by atoms with E-state index in [1.54, 1.807) is 0 Å². The number of rotatable bonds is 8. The Kier molecular flexibility index (Phi) is 8.70. The van der Waals surface area contributed by atoms with Gasteiger partial charge in [-0.15, -0.1) is 12.4 Å². The third-order valence-corrected chi connectivity index (χ3v) is 3.38. The summed E-state index contributed by atoms with van der Waals surface area (Å²) in [5.74, 6) is 1.76. The first-order valence-electron chi connectivity index (χ1n) is 7.63. The molecular formula is C16H25ClN2O3. The van der Waals surface area contributed by atoms with Crippen molar-refractivity contribution >= 4 is 18.3 Å². The molecule has 124 valence electrons. The average Bonchev–Trinajstić information content (AvgIpc) is 2.98. The highest BCUT2D eigenvalue weighted by molar-refractivity contribution is 5.85. The van der Waals surface area contributed by atoms with Gasteiger partial charge in [0.05, 0.1) is 13.2 Å². The summed E-state index contributed by atoms with van der Waals surface area (Å²) in [6.45, 7) is 5.04. The molecule has 6 heteroatoms. The zero-order valence-corrected chi connectivity index (χ0v) is 13.8. The van der Waals surface area contributed by atoms with Crippen LogP contribution in [0.3, 0.4) is 0 Å². The van der Waals surface area contributed by atoms with Crippen molar-refractivity contribution in [1.29, 1.82) is 0 Å². The van der Waals surface area contributed by atoms with E-state index in [1.807, 2.05) is 31.2 Å². The molecule has 1 heterocycles. The molecule has 1 unspecified atom stereocenters. The van der Waals surface area contributed by atoms with Crippen molar-refractivity contribution < 1.29 is 14.3 Å². The number of benzene rings is 1. The summed E-state index contributed by atoms with van der Waals surface area (Å²) in [5, 5.41) is 6.26. The molecule has 1 aliphatic heterocycles. The highest BCUT2D eigenvalue weighted by Gasteiger charge is 2.15. The van der Waals surface area contributed by atoms with Crippen LogP contribution < -0.4 is 20.1 Å². The summed E-state index contributed by atoms with van der Waals surface area (Å²) in [5.41, 5.74) is 0.